The number of amides is 1. The minimum Gasteiger partial charge on any atom is -0.444 e. The van der Waals surface area contributed by atoms with Gasteiger partial charge in [0.05, 0.1) is 22.3 Å². The number of sulfone groups is 1. The molecule has 0 radical (unpaired) electrons. The van der Waals surface area contributed by atoms with Gasteiger partial charge in [-0.05, 0) is 72.4 Å². The summed E-state index contributed by atoms with van der Waals surface area (Å²) in [7, 11) is -6.70. The summed E-state index contributed by atoms with van der Waals surface area (Å²) in [5.41, 5.74) is 0.868. The Morgan fingerprint density at radius 1 is 1.06 bits per heavy atom. The van der Waals surface area contributed by atoms with Gasteiger partial charge in [0.25, 0.3) is 0 Å². The average Bonchev–Trinajstić information content (AvgIpc) is 3.74. The molecule has 0 spiro atoms. The highest BCUT2D eigenvalue weighted by molar-refractivity contribution is 7.91. The fourth-order valence-electron chi connectivity index (χ4n) is 6.18. The number of hydrogen-bond acceptors (Lipinski definition) is 12. The molecule has 1 aliphatic rings. The van der Waals surface area contributed by atoms with Crippen LogP contribution in [0.5, 0.6) is 0 Å². The van der Waals surface area contributed by atoms with Gasteiger partial charge in [0, 0.05) is 53.9 Å². The molecule has 4 heterocycles. The Hall–Kier alpha value is -2.42. The molecule has 53 heavy (non-hydrogen) atoms. The average molecular weight is 811 g/mol. The Balaban J connectivity index is 1.86. The lowest BCUT2D eigenvalue weighted by Gasteiger charge is -2.31. The van der Waals surface area contributed by atoms with Crippen LogP contribution in [0.1, 0.15) is 70.7 Å². The van der Waals surface area contributed by atoms with E-state index < -0.39 is 37.7 Å². The minimum atomic E-state index is -3.89. The molecule has 3 aromatic rings. The molecule has 0 aliphatic carbocycles. The maximum atomic E-state index is 14.0. The van der Waals surface area contributed by atoms with Gasteiger partial charge in [0.2, 0.25) is 0 Å². The molecule has 1 N–H and O–H groups in total. The third-order valence-corrected chi connectivity index (χ3v) is 14.8. The molecule has 1 fully saturated rings. The molecular formula is C36H62N6O7S2Si2. The van der Waals surface area contributed by atoms with E-state index in [1.807, 2.05) is 32.6 Å². The molecule has 1 saturated heterocycles. The molecule has 0 saturated carbocycles. The van der Waals surface area contributed by atoms with E-state index in [2.05, 4.69) is 44.3 Å². The number of carbonyl (C=O) groups is 1. The van der Waals surface area contributed by atoms with Gasteiger partial charge in [-0.1, -0.05) is 39.3 Å². The molecule has 0 aromatic carbocycles. The summed E-state index contributed by atoms with van der Waals surface area (Å²) in [4.78, 5) is 27.2. The van der Waals surface area contributed by atoms with Crippen LogP contribution in [0.2, 0.25) is 51.4 Å². The number of carbonyl (C=O) groups excluding carboxylic acids is 1. The highest BCUT2D eigenvalue weighted by Gasteiger charge is 2.38. The zero-order valence-corrected chi connectivity index (χ0v) is 37.5. The molecule has 1 unspecified atom stereocenters. The smallest absolute Gasteiger partial charge is 0.410 e. The molecule has 1 aliphatic heterocycles. The summed E-state index contributed by atoms with van der Waals surface area (Å²) in [6.07, 6.45) is 5.81. The maximum Gasteiger partial charge on any atom is 0.410 e. The Morgan fingerprint density at radius 2 is 1.66 bits per heavy atom. The van der Waals surface area contributed by atoms with E-state index in [9.17, 15) is 18.3 Å². The van der Waals surface area contributed by atoms with Crippen LogP contribution < -0.4 is 4.90 Å². The van der Waals surface area contributed by atoms with E-state index in [0.29, 0.717) is 47.4 Å². The first-order chi connectivity index (χ1) is 24.4. The highest BCUT2D eigenvalue weighted by Crippen LogP contribution is 2.37. The summed E-state index contributed by atoms with van der Waals surface area (Å²) in [6, 6.07) is 1.73. The number of ether oxygens (including phenoxy) is 3. The van der Waals surface area contributed by atoms with Gasteiger partial charge in [0.15, 0.2) is 21.3 Å². The zero-order chi connectivity index (χ0) is 39.5. The number of thiazole rings is 1. The Bertz CT molecular complexity index is 1790. The van der Waals surface area contributed by atoms with Crippen molar-refractivity contribution in [2.24, 2.45) is 0 Å². The van der Waals surface area contributed by atoms with Gasteiger partial charge in [-0.3, -0.25) is 0 Å². The lowest BCUT2D eigenvalue weighted by molar-refractivity contribution is 0.0153. The number of rotatable bonds is 17. The monoisotopic (exact) mass is 810 g/mol. The number of aliphatic hydroxyl groups is 1. The van der Waals surface area contributed by atoms with Crippen LogP contribution in [-0.4, -0.2) is 111 Å². The quantitative estimate of drug-likeness (QED) is 0.0823. The number of likely N-dealkylation sites (tertiary alicyclic amines) is 1. The van der Waals surface area contributed by atoms with Crippen molar-refractivity contribution < 1.29 is 32.5 Å². The largest absolute Gasteiger partial charge is 0.444 e. The SMILES string of the molecule is CC(O)c1ncc(-c2cnn3c(N(COCC[Si](C)(C)C)COCC[Si](C)(C)C)c(S(C)(=O)=O)c(CC[C@@H]4CC[C@H](C)N4C(=O)OC(C)(C)C)nc23)s1. The first kappa shape index (κ1) is 43.3. The number of aliphatic hydroxyl groups excluding tert-OH is 1. The number of aromatic nitrogens is 4. The van der Waals surface area contributed by atoms with Crippen LogP contribution in [0.4, 0.5) is 10.6 Å². The van der Waals surface area contributed by atoms with Gasteiger partial charge >= 0.3 is 6.09 Å². The van der Waals surface area contributed by atoms with E-state index in [0.717, 1.165) is 29.8 Å². The topological polar surface area (TPSA) is 149 Å². The number of aryl methyl sites for hydroxylation is 1. The number of anilines is 1. The summed E-state index contributed by atoms with van der Waals surface area (Å²) in [6.45, 7) is 24.2. The van der Waals surface area contributed by atoms with Crippen LogP contribution in [0.15, 0.2) is 17.3 Å². The number of nitrogens with zero attached hydrogens (tertiary/aromatic N) is 6. The third-order valence-electron chi connectivity index (χ3n) is 9.06. The van der Waals surface area contributed by atoms with Crippen LogP contribution in [0.25, 0.3) is 16.1 Å². The van der Waals surface area contributed by atoms with Crippen molar-refractivity contribution in [1.29, 1.82) is 0 Å². The van der Waals surface area contributed by atoms with Gasteiger partial charge < -0.3 is 29.1 Å². The molecule has 298 valence electrons. The van der Waals surface area contributed by atoms with Gasteiger partial charge in [-0.2, -0.15) is 9.61 Å². The molecule has 17 heteroatoms. The third kappa shape index (κ3) is 12.0. The van der Waals surface area contributed by atoms with E-state index in [1.165, 1.54) is 17.6 Å². The standard InChI is InChI=1S/C36H62N6O7S2Si2/c1-25-13-14-27(41(25)35(44)49-36(3,4)5)15-16-29-31(51(6,45)46)34(40(23-47-17-19-52(7,8)9)24-48-18-20-53(10,11)12)42-32(39-29)28(21-38-42)30-22-37-33(50-30)26(2)43/h21-22,25-27,43H,13-20,23-24H2,1-12H3/t25-,26?,27-/m0/s1. The zero-order valence-electron chi connectivity index (χ0n) is 33.9. The number of hydrogen-bond donors (Lipinski definition) is 1. The van der Waals surface area contributed by atoms with Gasteiger partial charge in [-0.25, -0.2) is 23.2 Å². The van der Waals surface area contributed by atoms with E-state index >= 15 is 0 Å². The summed E-state index contributed by atoms with van der Waals surface area (Å²) >= 11 is 1.34. The fraction of sp³-hybridized carbons (Fsp3) is 0.722. The van der Waals surface area contributed by atoms with Crippen molar-refractivity contribution >= 4 is 54.9 Å². The van der Waals surface area contributed by atoms with Crippen LogP contribution >= 0.6 is 11.3 Å². The molecule has 3 atom stereocenters. The van der Waals surface area contributed by atoms with Gasteiger partial charge in [-0.15, -0.1) is 11.3 Å². The second-order valence-electron chi connectivity index (χ2n) is 17.8. The lowest BCUT2D eigenvalue weighted by atomic mass is 10.1. The first-order valence-corrected chi connectivity index (χ1v) is 28.7. The second-order valence-corrected chi connectivity index (χ2v) is 32.0. The minimum absolute atomic E-state index is 0.0109. The van der Waals surface area contributed by atoms with Crippen LogP contribution in [-0.2, 0) is 30.5 Å². The predicted molar refractivity (Wildman–Crippen MR) is 217 cm³/mol. The van der Waals surface area contributed by atoms with Crippen molar-refractivity contribution in [2.45, 2.75) is 140 Å². The van der Waals surface area contributed by atoms with Crippen molar-refractivity contribution in [3.63, 3.8) is 0 Å². The Labute approximate surface area is 322 Å². The molecule has 13 nitrogen and oxygen atoms in total. The molecule has 0 bridgehead atoms. The molecular weight excluding hydrogens is 749 g/mol. The van der Waals surface area contributed by atoms with Crippen molar-refractivity contribution in [3.05, 3.63) is 23.1 Å². The molecule has 1 amide bonds. The lowest BCUT2D eigenvalue weighted by Crippen LogP contribution is -2.43. The summed E-state index contributed by atoms with van der Waals surface area (Å²) in [5.74, 6) is 0.323. The van der Waals surface area contributed by atoms with Crippen molar-refractivity contribution in [3.8, 4) is 10.4 Å². The highest BCUT2D eigenvalue weighted by atomic mass is 32.2. The molecule has 3 aromatic heterocycles. The first-order valence-electron chi connectivity index (χ1n) is 18.6. The Morgan fingerprint density at radius 3 is 2.17 bits per heavy atom. The second kappa shape index (κ2) is 17.2. The van der Waals surface area contributed by atoms with E-state index in [1.54, 1.807) is 28.7 Å². The summed E-state index contributed by atoms with van der Waals surface area (Å²) in [5, 5.41) is 15.5. The van der Waals surface area contributed by atoms with Crippen LogP contribution in [0.3, 0.4) is 0 Å². The fourth-order valence-corrected chi connectivity index (χ4v) is 9.68. The van der Waals surface area contributed by atoms with Crippen LogP contribution in [0, 0.1) is 0 Å². The van der Waals surface area contributed by atoms with Crippen molar-refractivity contribution in [2.75, 3.05) is 37.8 Å². The van der Waals surface area contributed by atoms with E-state index in [4.69, 9.17) is 24.3 Å². The van der Waals surface area contributed by atoms with Gasteiger partial charge in [0.1, 0.15) is 35.1 Å². The maximum absolute atomic E-state index is 14.0. The number of fused-ring (bicyclic) bond motifs is 1. The Kier molecular flexibility index (Phi) is 14.0. The van der Waals surface area contributed by atoms with Crippen molar-refractivity contribution in [1.82, 2.24) is 24.5 Å². The predicted octanol–water partition coefficient (Wildman–Crippen LogP) is 7.46. The normalized spacial score (nSPS) is 17.9. The van der Waals surface area contributed by atoms with E-state index in [-0.39, 0.29) is 43.0 Å². The summed E-state index contributed by atoms with van der Waals surface area (Å²) < 4.78 is 47.9. The molecule has 4 rings (SSSR count).